The van der Waals surface area contributed by atoms with Crippen LogP contribution in [0.15, 0.2) is 24.5 Å². The van der Waals surface area contributed by atoms with E-state index >= 15 is 0 Å². The Morgan fingerprint density at radius 1 is 1.50 bits per heavy atom. The topological polar surface area (TPSA) is 51.2 Å². The summed E-state index contributed by atoms with van der Waals surface area (Å²) >= 11 is 0. The van der Waals surface area contributed by atoms with Crippen molar-refractivity contribution in [1.29, 1.82) is 0 Å². The molecule has 1 N–H and O–H groups in total. The summed E-state index contributed by atoms with van der Waals surface area (Å²) in [5.74, 6) is -0.112. The molecular weight excluding hydrogens is 204 g/mol. The van der Waals surface area contributed by atoms with Crippen LogP contribution in [0.2, 0.25) is 0 Å². The Morgan fingerprint density at radius 2 is 2.25 bits per heavy atom. The summed E-state index contributed by atoms with van der Waals surface area (Å²) in [5.41, 5.74) is 0.692. The molecule has 0 spiro atoms. The van der Waals surface area contributed by atoms with E-state index in [1.54, 1.807) is 12.4 Å². The van der Waals surface area contributed by atoms with Crippen molar-refractivity contribution in [2.24, 2.45) is 0 Å². The van der Waals surface area contributed by atoms with Gasteiger partial charge in [-0.1, -0.05) is 6.07 Å². The monoisotopic (exact) mass is 222 g/mol. The van der Waals surface area contributed by atoms with Crippen molar-refractivity contribution < 1.29 is 9.53 Å². The zero-order valence-electron chi connectivity index (χ0n) is 9.99. The zero-order valence-corrected chi connectivity index (χ0v) is 9.99. The molecule has 88 valence electrons. The minimum absolute atomic E-state index is 0.0871. The highest BCUT2D eigenvalue weighted by atomic mass is 16.5. The van der Waals surface area contributed by atoms with Gasteiger partial charge in [-0.3, -0.25) is 9.78 Å². The largest absolute Gasteiger partial charge is 0.366 e. The second-order valence-corrected chi connectivity index (χ2v) is 4.54. The number of ether oxygens (including phenoxy) is 1. The molecule has 0 atom stereocenters. The molecule has 1 aromatic heterocycles. The highest BCUT2D eigenvalue weighted by molar-refractivity contribution is 5.77. The van der Waals surface area contributed by atoms with Crippen molar-refractivity contribution in [2.75, 3.05) is 6.61 Å². The van der Waals surface area contributed by atoms with Gasteiger partial charge in [0.15, 0.2) is 0 Å². The summed E-state index contributed by atoms with van der Waals surface area (Å²) in [4.78, 5) is 15.4. The molecule has 1 aromatic rings. The van der Waals surface area contributed by atoms with Crippen molar-refractivity contribution in [1.82, 2.24) is 10.3 Å². The maximum Gasteiger partial charge on any atom is 0.246 e. The molecule has 4 heteroatoms. The molecule has 1 amide bonds. The first-order valence-electron chi connectivity index (χ1n) is 5.27. The number of pyridine rings is 1. The van der Waals surface area contributed by atoms with Gasteiger partial charge in [-0.15, -0.1) is 0 Å². The van der Waals surface area contributed by atoms with Gasteiger partial charge in [0.25, 0.3) is 0 Å². The number of carbonyl (C=O) groups excluding carboxylic acids is 1. The van der Waals surface area contributed by atoms with Crippen molar-refractivity contribution in [3.8, 4) is 0 Å². The third-order valence-corrected chi connectivity index (χ3v) is 1.85. The molecule has 0 radical (unpaired) electrons. The number of aromatic nitrogens is 1. The minimum Gasteiger partial charge on any atom is -0.366 e. The number of nitrogens with one attached hydrogen (secondary N) is 1. The fourth-order valence-corrected chi connectivity index (χ4v) is 1.04. The molecule has 0 bridgehead atoms. The van der Waals surface area contributed by atoms with Gasteiger partial charge < -0.3 is 10.1 Å². The van der Waals surface area contributed by atoms with Gasteiger partial charge in [0.1, 0.15) is 6.61 Å². The van der Waals surface area contributed by atoms with E-state index in [1.165, 1.54) is 0 Å². The van der Waals surface area contributed by atoms with E-state index in [4.69, 9.17) is 4.74 Å². The molecule has 0 saturated heterocycles. The van der Waals surface area contributed by atoms with Crippen molar-refractivity contribution in [3.63, 3.8) is 0 Å². The molecule has 0 saturated carbocycles. The Labute approximate surface area is 96.0 Å². The van der Waals surface area contributed by atoms with E-state index in [9.17, 15) is 4.79 Å². The third-order valence-electron chi connectivity index (χ3n) is 1.85. The molecule has 0 aliphatic heterocycles. The maximum atomic E-state index is 11.4. The van der Waals surface area contributed by atoms with E-state index in [0.29, 0.717) is 6.54 Å². The summed E-state index contributed by atoms with van der Waals surface area (Å²) in [5, 5.41) is 2.77. The van der Waals surface area contributed by atoms with Crippen LogP contribution in [0.5, 0.6) is 0 Å². The SMILES string of the molecule is CC(C)(C)OCC(=O)NCc1cccnc1. The van der Waals surface area contributed by atoms with Gasteiger partial charge in [-0.2, -0.15) is 0 Å². The van der Waals surface area contributed by atoms with Crippen LogP contribution in [0.1, 0.15) is 26.3 Å². The quantitative estimate of drug-likeness (QED) is 0.840. The Bertz CT molecular complexity index is 331. The number of hydrogen-bond donors (Lipinski definition) is 1. The van der Waals surface area contributed by atoms with Gasteiger partial charge in [0.2, 0.25) is 5.91 Å². The van der Waals surface area contributed by atoms with Crippen LogP contribution < -0.4 is 5.32 Å². The summed E-state index contributed by atoms with van der Waals surface area (Å²) in [6, 6.07) is 3.75. The molecule has 1 heterocycles. The Kier molecular flexibility index (Phi) is 4.43. The van der Waals surface area contributed by atoms with E-state index < -0.39 is 0 Å². The number of hydrogen-bond acceptors (Lipinski definition) is 3. The van der Waals surface area contributed by atoms with E-state index in [-0.39, 0.29) is 18.1 Å². The highest BCUT2D eigenvalue weighted by Gasteiger charge is 2.12. The van der Waals surface area contributed by atoms with Crippen LogP contribution in [-0.2, 0) is 16.1 Å². The van der Waals surface area contributed by atoms with Crippen LogP contribution in [0.3, 0.4) is 0 Å². The number of amides is 1. The average molecular weight is 222 g/mol. The van der Waals surface area contributed by atoms with Crippen molar-refractivity contribution in [3.05, 3.63) is 30.1 Å². The number of nitrogens with zero attached hydrogens (tertiary/aromatic N) is 1. The lowest BCUT2D eigenvalue weighted by Gasteiger charge is -2.18. The lowest BCUT2D eigenvalue weighted by molar-refractivity contribution is -0.130. The summed E-state index contributed by atoms with van der Waals surface area (Å²) in [6.07, 6.45) is 3.43. The molecule has 0 aliphatic carbocycles. The molecule has 0 aliphatic rings. The maximum absolute atomic E-state index is 11.4. The standard InChI is InChI=1S/C12H18N2O2/c1-12(2,3)16-9-11(15)14-8-10-5-4-6-13-7-10/h4-7H,8-9H2,1-3H3,(H,14,15). The molecule has 16 heavy (non-hydrogen) atoms. The van der Waals surface area contributed by atoms with Crippen molar-refractivity contribution >= 4 is 5.91 Å². The molecule has 0 unspecified atom stereocenters. The zero-order chi connectivity index (χ0) is 12.0. The predicted molar refractivity (Wildman–Crippen MR) is 61.8 cm³/mol. The van der Waals surface area contributed by atoms with Crippen LogP contribution in [0, 0.1) is 0 Å². The van der Waals surface area contributed by atoms with Crippen LogP contribution in [0.4, 0.5) is 0 Å². The summed E-state index contributed by atoms with van der Waals surface area (Å²) < 4.78 is 5.35. The average Bonchev–Trinajstić information content (AvgIpc) is 2.24. The second-order valence-electron chi connectivity index (χ2n) is 4.54. The number of rotatable bonds is 4. The van der Waals surface area contributed by atoms with Crippen LogP contribution >= 0.6 is 0 Å². The van der Waals surface area contributed by atoms with Gasteiger partial charge in [-0.05, 0) is 32.4 Å². The molecule has 4 nitrogen and oxygen atoms in total. The van der Waals surface area contributed by atoms with E-state index in [1.807, 2.05) is 32.9 Å². The molecule has 1 rings (SSSR count). The fourth-order valence-electron chi connectivity index (χ4n) is 1.04. The van der Waals surface area contributed by atoms with Gasteiger partial charge >= 0.3 is 0 Å². The Balaban J connectivity index is 2.26. The summed E-state index contributed by atoms with van der Waals surface area (Å²) in [6.45, 7) is 6.33. The molecule has 0 fully saturated rings. The second kappa shape index (κ2) is 5.61. The first-order valence-corrected chi connectivity index (χ1v) is 5.27. The third kappa shape index (κ3) is 5.46. The minimum atomic E-state index is -0.286. The van der Waals surface area contributed by atoms with E-state index in [0.717, 1.165) is 5.56 Å². The summed E-state index contributed by atoms with van der Waals surface area (Å²) in [7, 11) is 0. The first-order chi connectivity index (χ1) is 7.47. The Hall–Kier alpha value is -1.42. The lowest BCUT2D eigenvalue weighted by atomic mass is 10.2. The van der Waals surface area contributed by atoms with E-state index in [2.05, 4.69) is 10.3 Å². The van der Waals surface area contributed by atoms with Crippen molar-refractivity contribution in [2.45, 2.75) is 32.9 Å². The highest BCUT2D eigenvalue weighted by Crippen LogP contribution is 2.05. The lowest BCUT2D eigenvalue weighted by Crippen LogP contribution is -2.31. The Morgan fingerprint density at radius 3 is 2.81 bits per heavy atom. The first kappa shape index (κ1) is 12.6. The smallest absolute Gasteiger partial charge is 0.246 e. The fraction of sp³-hybridized carbons (Fsp3) is 0.500. The van der Waals surface area contributed by atoms with Gasteiger partial charge in [0, 0.05) is 18.9 Å². The number of carbonyl (C=O) groups is 1. The van der Waals surface area contributed by atoms with Crippen LogP contribution in [-0.4, -0.2) is 23.1 Å². The predicted octanol–water partition coefficient (Wildman–Crippen LogP) is 1.51. The normalized spacial score (nSPS) is 11.2. The van der Waals surface area contributed by atoms with Crippen LogP contribution in [0.25, 0.3) is 0 Å². The molecular formula is C12H18N2O2. The van der Waals surface area contributed by atoms with Gasteiger partial charge in [-0.25, -0.2) is 0 Å². The molecule has 0 aromatic carbocycles. The van der Waals surface area contributed by atoms with Gasteiger partial charge in [0.05, 0.1) is 5.60 Å².